The topological polar surface area (TPSA) is 0 Å². The zero-order chi connectivity index (χ0) is 19.8. The first kappa shape index (κ1) is 21.2. The summed E-state index contributed by atoms with van der Waals surface area (Å²) in [4.78, 5) is 0. The van der Waals surface area contributed by atoms with Crippen LogP contribution in [0.25, 0.3) is 11.6 Å². The molecule has 0 nitrogen and oxygen atoms in total. The fourth-order valence-electron chi connectivity index (χ4n) is 4.61. The Balaban J connectivity index is 2.26. The van der Waals surface area contributed by atoms with Gasteiger partial charge in [-0.15, -0.1) is 0 Å². The Morgan fingerprint density at radius 3 is 1.75 bits per heavy atom. The van der Waals surface area contributed by atoms with E-state index in [0.29, 0.717) is 0 Å². The second kappa shape index (κ2) is 10.3. The average molecular weight is 393 g/mol. The van der Waals surface area contributed by atoms with Gasteiger partial charge in [-0.25, -0.2) is 0 Å². The van der Waals surface area contributed by atoms with Crippen molar-refractivity contribution in [1.82, 2.24) is 0 Å². The Bertz CT molecular complexity index is 813. The van der Waals surface area contributed by atoms with Crippen LogP contribution in [-0.2, 0) is 0 Å². The van der Waals surface area contributed by atoms with E-state index in [1.165, 1.54) is 79.3 Å². The van der Waals surface area contributed by atoms with E-state index in [1.54, 1.807) is 5.29 Å². The zero-order valence-electron chi connectivity index (χ0n) is 18.1. The van der Waals surface area contributed by atoms with Crippen LogP contribution in [0.15, 0.2) is 54.6 Å². The summed E-state index contributed by atoms with van der Waals surface area (Å²) in [5, 5.41) is 1.75. The van der Waals surface area contributed by atoms with Crippen molar-refractivity contribution in [2.24, 2.45) is 0 Å². The lowest BCUT2D eigenvalue weighted by molar-refractivity contribution is 0.845. The summed E-state index contributed by atoms with van der Waals surface area (Å²) in [5.41, 5.74) is 5.91. The molecule has 0 bridgehead atoms. The van der Waals surface area contributed by atoms with Crippen molar-refractivity contribution in [1.29, 1.82) is 0 Å². The molecule has 1 heteroatoms. The van der Waals surface area contributed by atoms with Gasteiger partial charge in [0, 0.05) is 0 Å². The predicted molar refractivity (Wildman–Crippen MR) is 131 cm³/mol. The largest absolute Gasteiger partial charge is 0.0961 e. The lowest BCUT2D eigenvalue weighted by atomic mass is 10.0. The number of allylic oxidation sites excluding steroid dienone is 1. The molecule has 0 saturated heterocycles. The van der Waals surface area contributed by atoms with Crippen molar-refractivity contribution in [3.63, 3.8) is 0 Å². The summed E-state index contributed by atoms with van der Waals surface area (Å²) < 4.78 is 0. The summed E-state index contributed by atoms with van der Waals surface area (Å²) >= 11 is 0. The number of unbranched alkanes of at least 4 members (excludes halogenated alkanes) is 3. The van der Waals surface area contributed by atoms with E-state index in [-0.39, 0.29) is 0 Å². The molecule has 1 aliphatic carbocycles. The molecule has 2 aromatic rings. The van der Waals surface area contributed by atoms with Crippen LogP contribution in [0.5, 0.6) is 0 Å². The average Bonchev–Trinajstić information content (AvgIpc) is 3.14. The van der Waals surface area contributed by atoms with Gasteiger partial charge in [-0.05, 0) is 71.4 Å². The van der Waals surface area contributed by atoms with E-state index in [0.717, 1.165) is 0 Å². The number of rotatable bonds is 10. The summed E-state index contributed by atoms with van der Waals surface area (Å²) in [6, 6.07) is 20.3. The van der Waals surface area contributed by atoms with Gasteiger partial charge in [-0.3, -0.25) is 0 Å². The Kier molecular flexibility index (Phi) is 7.81. The van der Waals surface area contributed by atoms with Crippen molar-refractivity contribution < 1.29 is 0 Å². The maximum absolute atomic E-state index is 2.48. The maximum atomic E-state index is 2.48. The normalized spacial score (nSPS) is 13.5. The Labute approximate surface area is 173 Å². The van der Waals surface area contributed by atoms with Crippen molar-refractivity contribution in [3.8, 4) is 0 Å². The van der Waals surface area contributed by atoms with Crippen molar-refractivity contribution in [3.05, 3.63) is 71.3 Å². The van der Waals surface area contributed by atoms with Gasteiger partial charge in [0.1, 0.15) is 0 Å². The van der Waals surface area contributed by atoms with Gasteiger partial charge >= 0.3 is 0 Å². The first-order valence-electron chi connectivity index (χ1n) is 11.4. The number of hydrogen-bond acceptors (Lipinski definition) is 0. The molecular formula is C27H37P. The third-order valence-electron chi connectivity index (χ3n) is 6.15. The highest BCUT2D eigenvalue weighted by Gasteiger charge is 2.30. The number of benzene rings is 2. The van der Waals surface area contributed by atoms with Crippen LogP contribution in [0.2, 0.25) is 0 Å². The van der Waals surface area contributed by atoms with Crippen molar-refractivity contribution >= 4 is 23.8 Å². The first-order chi connectivity index (χ1) is 13.8. The van der Waals surface area contributed by atoms with E-state index < -0.39 is 6.89 Å². The van der Waals surface area contributed by atoms with Gasteiger partial charge in [0.25, 0.3) is 0 Å². The summed E-state index contributed by atoms with van der Waals surface area (Å²) in [6.07, 6.45) is 14.8. The van der Waals surface area contributed by atoms with E-state index in [2.05, 4.69) is 81.4 Å². The second-order valence-corrected chi connectivity index (χ2v) is 12.3. The third-order valence-corrected chi connectivity index (χ3v) is 11.1. The molecular weight excluding hydrogens is 355 g/mol. The van der Waals surface area contributed by atoms with Crippen LogP contribution in [0.3, 0.4) is 0 Å². The lowest BCUT2D eigenvalue weighted by Crippen LogP contribution is -2.13. The van der Waals surface area contributed by atoms with Gasteiger partial charge in [0.15, 0.2) is 0 Å². The Hall–Kier alpha value is -1.52. The fraction of sp³-hybridized carbons (Fsp3) is 0.444. The molecule has 0 heterocycles. The smallest absolute Gasteiger partial charge is 0.00980 e. The Morgan fingerprint density at radius 2 is 1.18 bits per heavy atom. The molecule has 0 radical (unpaired) electrons. The molecule has 2 aromatic carbocycles. The van der Waals surface area contributed by atoms with Gasteiger partial charge < -0.3 is 0 Å². The van der Waals surface area contributed by atoms with Crippen LogP contribution in [-0.4, -0.2) is 23.8 Å². The summed E-state index contributed by atoms with van der Waals surface area (Å²) in [7, 11) is 0. The highest BCUT2D eigenvalue weighted by Crippen LogP contribution is 2.57. The molecule has 0 aliphatic heterocycles. The van der Waals surface area contributed by atoms with E-state index in [9.17, 15) is 0 Å². The molecule has 0 saturated carbocycles. The van der Waals surface area contributed by atoms with Crippen molar-refractivity contribution in [2.45, 2.75) is 59.3 Å². The SMILES string of the molecule is CCCCP(CCCC)(CCCC)=C1C(c2ccccc2)=Cc2ccccc21. The van der Waals surface area contributed by atoms with Crippen LogP contribution in [0, 0.1) is 0 Å². The summed E-state index contributed by atoms with van der Waals surface area (Å²) in [6.45, 7) is 5.87. The van der Waals surface area contributed by atoms with E-state index in [1.807, 2.05) is 0 Å². The second-order valence-electron chi connectivity index (χ2n) is 8.24. The standard InChI is InChI=1S/C27H37P/c1-4-7-19-28(20-8-5-2,21-9-6-3)27-25-18-14-13-17-24(25)22-26(27)23-15-11-10-12-16-23/h10-18,22H,4-9,19-21H2,1-3H3. The molecule has 0 spiro atoms. The zero-order valence-corrected chi connectivity index (χ0v) is 19.0. The minimum Gasteiger partial charge on any atom is -0.0961 e. The Morgan fingerprint density at radius 1 is 0.643 bits per heavy atom. The quantitative estimate of drug-likeness (QED) is 0.358. The molecule has 3 rings (SSSR count). The molecule has 0 N–H and O–H groups in total. The molecule has 0 fully saturated rings. The van der Waals surface area contributed by atoms with Gasteiger partial charge in [-0.2, -0.15) is 0 Å². The predicted octanol–water partition coefficient (Wildman–Crippen LogP) is 8.18. The maximum Gasteiger partial charge on any atom is -0.00980 e. The molecule has 1 aliphatic rings. The van der Waals surface area contributed by atoms with Crippen molar-refractivity contribution in [2.75, 3.05) is 18.5 Å². The molecule has 0 atom stereocenters. The molecule has 0 unspecified atom stereocenters. The number of fused-ring (bicyclic) bond motifs is 1. The monoisotopic (exact) mass is 392 g/mol. The van der Waals surface area contributed by atoms with Gasteiger partial charge in [0.05, 0.1) is 0 Å². The highest BCUT2D eigenvalue weighted by molar-refractivity contribution is 7.77. The van der Waals surface area contributed by atoms with E-state index in [4.69, 9.17) is 0 Å². The molecule has 28 heavy (non-hydrogen) atoms. The molecule has 150 valence electrons. The summed E-state index contributed by atoms with van der Waals surface area (Å²) in [5.74, 6) is 0. The molecule has 0 aromatic heterocycles. The van der Waals surface area contributed by atoms with E-state index >= 15 is 0 Å². The number of hydrogen-bond donors (Lipinski definition) is 0. The highest BCUT2D eigenvalue weighted by atomic mass is 31.2. The minimum atomic E-state index is -1.20. The third kappa shape index (κ3) is 4.55. The minimum absolute atomic E-state index is 1.20. The lowest BCUT2D eigenvalue weighted by Gasteiger charge is -2.32. The van der Waals surface area contributed by atoms with Crippen LogP contribution in [0.1, 0.15) is 76.0 Å². The van der Waals surface area contributed by atoms with Gasteiger partial charge in [-0.1, -0.05) is 102 Å². The fourth-order valence-corrected chi connectivity index (χ4v) is 10.1. The van der Waals surface area contributed by atoms with Crippen LogP contribution >= 0.6 is 6.89 Å². The van der Waals surface area contributed by atoms with Crippen LogP contribution < -0.4 is 0 Å². The van der Waals surface area contributed by atoms with Crippen LogP contribution in [0.4, 0.5) is 0 Å². The molecule has 0 amide bonds. The van der Waals surface area contributed by atoms with Gasteiger partial charge in [0.2, 0.25) is 0 Å². The first-order valence-corrected chi connectivity index (χ1v) is 13.7.